The Morgan fingerprint density at radius 2 is 1.66 bits per heavy atom. The van der Waals surface area contributed by atoms with Gasteiger partial charge in [-0.25, -0.2) is 19.6 Å². The molecule has 0 aliphatic rings. The molecule has 2 amide bonds. The van der Waals surface area contributed by atoms with Crippen LogP contribution in [-0.4, -0.2) is 61.9 Å². The molecule has 0 spiro atoms. The number of imidazole rings is 1. The molecule has 0 bridgehead atoms. The van der Waals surface area contributed by atoms with E-state index in [1.54, 1.807) is 25.3 Å². The monoisotopic (exact) mass is 520 g/mol. The van der Waals surface area contributed by atoms with Gasteiger partial charge >= 0.3 is 12.2 Å². The minimum atomic E-state index is -0.638. The Bertz CT molecular complexity index is 1510. The molecule has 10 nitrogen and oxygen atoms in total. The minimum Gasteiger partial charge on any atom is -0.444 e. The molecule has 0 aliphatic carbocycles. The summed E-state index contributed by atoms with van der Waals surface area (Å²) in [6.07, 6.45) is 0.820. The van der Waals surface area contributed by atoms with Crippen molar-refractivity contribution in [1.82, 2.24) is 24.4 Å². The molecule has 0 fully saturated rings. The van der Waals surface area contributed by atoms with Crippen molar-refractivity contribution in [3.63, 3.8) is 0 Å². The molecule has 10 heteroatoms. The van der Waals surface area contributed by atoms with Crippen molar-refractivity contribution in [2.75, 3.05) is 19.0 Å². The highest BCUT2D eigenvalue weighted by molar-refractivity contribution is 6.09. The first kappa shape index (κ1) is 27.0. The van der Waals surface area contributed by atoms with Crippen LogP contribution in [0.3, 0.4) is 0 Å². The van der Waals surface area contributed by atoms with Gasteiger partial charge in [0.25, 0.3) is 0 Å². The number of carbonyl (C=O) groups excluding carboxylic acids is 2. The van der Waals surface area contributed by atoms with Gasteiger partial charge < -0.3 is 23.9 Å². The van der Waals surface area contributed by atoms with Crippen molar-refractivity contribution in [1.29, 1.82) is 0 Å². The lowest BCUT2D eigenvalue weighted by molar-refractivity contribution is 0.0284. The summed E-state index contributed by atoms with van der Waals surface area (Å²) in [6.45, 7) is 11.4. The number of anilines is 1. The van der Waals surface area contributed by atoms with Crippen LogP contribution in [0.15, 0.2) is 36.7 Å². The normalized spacial score (nSPS) is 12.1. The number of nitrogens with one attached hydrogen (secondary N) is 1. The van der Waals surface area contributed by atoms with E-state index in [1.165, 1.54) is 4.90 Å². The lowest BCUT2D eigenvalue weighted by atomic mass is 10.1. The van der Waals surface area contributed by atoms with E-state index in [0.717, 1.165) is 27.7 Å². The van der Waals surface area contributed by atoms with E-state index in [9.17, 15) is 9.59 Å². The lowest BCUT2D eigenvalue weighted by Gasteiger charge is -2.24. The van der Waals surface area contributed by atoms with Crippen LogP contribution in [0.2, 0.25) is 0 Å². The van der Waals surface area contributed by atoms with Gasteiger partial charge in [-0.3, -0.25) is 4.90 Å². The fourth-order valence-electron chi connectivity index (χ4n) is 4.10. The number of hydrogen-bond acceptors (Lipinski definition) is 6. The highest BCUT2D eigenvalue weighted by Crippen LogP contribution is 2.33. The summed E-state index contributed by atoms with van der Waals surface area (Å²) in [6, 6.07) is 9.97. The maximum absolute atomic E-state index is 12.8. The number of amides is 2. The van der Waals surface area contributed by atoms with E-state index >= 15 is 0 Å². The van der Waals surface area contributed by atoms with Crippen molar-refractivity contribution in [3.8, 4) is 11.3 Å². The highest BCUT2D eigenvalue weighted by atomic mass is 16.6. The van der Waals surface area contributed by atoms with Crippen LogP contribution in [0.4, 0.5) is 15.4 Å². The molecule has 38 heavy (non-hydrogen) atoms. The van der Waals surface area contributed by atoms with Crippen LogP contribution < -0.4 is 4.90 Å². The molecule has 1 aromatic carbocycles. The van der Waals surface area contributed by atoms with Crippen LogP contribution in [0.25, 0.3) is 33.3 Å². The molecule has 1 N–H and O–H groups in total. The topological polar surface area (TPSA) is 106 Å². The minimum absolute atomic E-state index is 0.377. The van der Waals surface area contributed by atoms with E-state index in [-0.39, 0.29) is 6.09 Å². The summed E-state index contributed by atoms with van der Waals surface area (Å²) in [7, 11) is 5.26. The lowest BCUT2D eigenvalue weighted by Crippen LogP contribution is -2.34. The fraction of sp³-hybridized carbons (Fsp3) is 0.429. The summed E-state index contributed by atoms with van der Waals surface area (Å²) >= 11 is 0. The number of benzene rings is 1. The maximum Gasteiger partial charge on any atom is 0.415 e. The van der Waals surface area contributed by atoms with Gasteiger partial charge in [0, 0.05) is 38.8 Å². The van der Waals surface area contributed by atoms with Gasteiger partial charge in [0.2, 0.25) is 0 Å². The molecule has 4 rings (SSSR count). The Balaban J connectivity index is 1.70. The van der Waals surface area contributed by atoms with E-state index in [2.05, 4.69) is 9.97 Å². The average Bonchev–Trinajstić information content (AvgIpc) is 3.39. The number of H-pyrrole nitrogens is 1. The number of pyridine rings is 1. The highest BCUT2D eigenvalue weighted by Gasteiger charge is 2.26. The van der Waals surface area contributed by atoms with Crippen molar-refractivity contribution < 1.29 is 19.1 Å². The predicted molar refractivity (Wildman–Crippen MR) is 148 cm³/mol. The van der Waals surface area contributed by atoms with Crippen molar-refractivity contribution >= 4 is 40.1 Å². The van der Waals surface area contributed by atoms with Gasteiger partial charge in [0.15, 0.2) is 5.82 Å². The van der Waals surface area contributed by atoms with Crippen molar-refractivity contribution in [2.24, 2.45) is 7.05 Å². The third kappa shape index (κ3) is 5.74. The summed E-state index contributed by atoms with van der Waals surface area (Å²) in [4.78, 5) is 40.9. The number of aryl methyl sites for hydroxylation is 1. The molecule has 0 saturated heterocycles. The van der Waals surface area contributed by atoms with Crippen LogP contribution >= 0.6 is 0 Å². The van der Waals surface area contributed by atoms with Crippen LogP contribution in [0, 0.1) is 0 Å². The molecule has 3 heterocycles. The molecule has 0 atom stereocenters. The zero-order valence-electron chi connectivity index (χ0n) is 23.5. The van der Waals surface area contributed by atoms with Gasteiger partial charge in [-0.05, 0) is 64.8 Å². The van der Waals surface area contributed by atoms with Gasteiger partial charge in [-0.1, -0.05) is 18.2 Å². The zero-order chi connectivity index (χ0) is 28.0. The van der Waals surface area contributed by atoms with E-state index in [0.29, 0.717) is 23.5 Å². The second-order valence-electron chi connectivity index (χ2n) is 11.5. The van der Waals surface area contributed by atoms with E-state index in [1.807, 2.05) is 83.5 Å². The largest absolute Gasteiger partial charge is 0.444 e. The van der Waals surface area contributed by atoms with Crippen LogP contribution in [-0.2, 0) is 23.1 Å². The second-order valence-corrected chi connectivity index (χ2v) is 11.5. The van der Waals surface area contributed by atoms with Gasteiger partial charge in [-0.2, -0.15) is 0 Å². The summed E-state index contributed by atoms with van der Waals surface area (Å²) < 4.78 is 12.9. The number of ether oxygens (including phenoxy) is 2. The first-order chi connectivity index (χ1) is 17.6. The molecule has 0 aliphatic heterocycles. The Hall–Kier alpha value is -4.08. The third-order valence-corrected chi connectivity index (χ3v) is 5.77. The molecule has 202 valence electrons. The molecular formula is C28H36N6O4. The number of aromatic amines is 1. The quantitative estimate of drug-likeness (QED) is 0.362. The molecule has 0 unspecified atom stereocenters. The molecule has 4 aromatic rings. The first-order valence-electron chi connectivity index (χ1n) is 12.5. The summed E-state index contributed by atoms with van der Waals surface area (Å²) in [5.74, 6) is 0.406. The molecule has 0 radical (unpaired) electrons. The summed E-state index contributed by atoms with van der Waals surface area (Å²) in [5.41, 5.74) is 3.63. The Morgan fingerprint density at radius 1 is 1.00 bits per heavy atom. The van der Waals surface area contributed by atoms with E-state index in [4.69, 9.17) is 14.5 Å². The smallest absolute Gasteiger partial charge is 0.415 e. The molecular weight excluding hydrogens is 484 g/mol. The number of rotatable bonds is 4. The Kier molecular flexibility index (Phi) is 6.86. The number of aromatic nitrogens is 4. The van der Waals surface area contributed by atoms with Crippen LogP contribution in [0.5, 0.6) is 0 Å². The van der Waals surface area contributed by atoms with E-state index < -0.39 is 17.3 Å². The number of hydrogen-bond donors (Lipinski definition) is 1. The Labute approximate surface area is 222 Å². The number of carbonyl (C=O) groups is 2. The SMILES string of the molecule is CN(Cc1cccc(-c2cc3c(nc(N(C)C(=O)OC(C)(C)C)c4ncn(C)c43)[nH]2)c1)C(=O)OC(C)(C)C. The van der Waals surface area contributed by atoms with Gasteiger partial charge in [0.05, 0.1) is 11.8 Å². The second kappa shape index (κ2) is 9.66. The molecule has 0 saturated carbocycles. The third-order valence-electron chi connectivity index (χ3n) is 5.77. The van der Waals surface area contributed by atoms with Crippen molar-refractivity contribution in [2.45, 2.75) is 59.3 Å². The molecule has 3 aromatic heterocycles. The fourth-order valence-corrected chi connectivity index (χ4v) is 4.10. The maximum atomic E-state index is 12.8. The standard InChI is InChI=1S/C28H36N6O4/c1-27(2,3)37-25(35)32(7)15-17-11-10-12-18(13-17)20-14-19-22-21(29-16-33(22)8)24(31-23(19)30-20)34(9)26(36)38-28(4,5)6/h10-14,16H,15H2,1-9H3,(H,30,31). The van der Waals surface area contributed by atoms with Gasteiger partial charge in [-0.15, -0.1) is 0 Å². The average molecular weight is 521 g/mol. The van der Waals surface area contributed by atoms with Crippen molar-refractivity contribution in [3.05, 3.63) is 42.2 Å². The Morgan fingerprint density at radius 3 is 2.32 bits per heavy atom. The summed E-state index contributed by atoms with van der Waals surface area (Å²) in [5, 5.41) is 0.882. The first-order valence-corrected chi connectivity index (χ1v) is 12.5. The number of fused-ring (bicyclic) bond motifs is 3. The number of nitrogens with zero attached hydrogens (tertiary/aromatic N) is 5. The zero-order valence-corrected chi connectivity index (χ0v) is 23.5. The van der Waals surface area contributed by atoms with Gasteiger partial charge in [0.1, 0.15) is 22.4 Å². The van der Waals surface area contributed by atoms with Crippen LogP contribution in [0.1, 0.15) is 47.1 Å². The predicted octanol–water partition coefficient (Wildman–Crippen LogP) is 5.85.